The Labute approximate surface area is 135 Å². The second-order valence-electron chi connectivity index (χ2n) is 4.27. The van der Waals surface area contributed by atoms with Crippen LogP contribution in [-0.4, -0.2) is 14.2 Å². The summed E-state index contributed by atoms with van der Waals surface area (Å²) in [6, 6.07) is 9.38. The number of anilines is 1. The van der Waals surface area contributed by atoms with Crippen molar-refractivity contribution in [3.63, 3.8) is 0 Å². The molecule has 0 saturated carbocycles. The number of benzene rings is 1. The first kappa shape index (κ1) is 15.6. The van der Waals surface area contributed by atoms with Gasteiger partial charge in [-0.15, -0.1) is 0 Å². The number of aromatic amines is 1. The highest BCUT2D eigenvalue weighted by Crippen LogP contribution is 2.39. The first-order valence-electron chi connectivity index (χ1n) is 6.14. The number of halogens is 1. The predicted molar refractivity (Wildman–Crippen MR) is 83.1 cm³/mol. The van der Waals surface area contributed by atoms with Gasteiger partial charge >= 0.3 is 5.88 Å². The molecule has 22 heavy (non-hydrogen) atoms. The molecule has 1 aromatic carbocycles. The van der Waals surface area contributed by atoms with Crippen LogP contribution in [0.2, 0.25) is 0 Å². The molecule has 110 valence electrons. The molecule has 0 unspecified atom stereocenters. The zero-order chi connectivity index (χ0) is 16.3. The molecule has 0 aliphatic heterocycles. The van der Waals surface area contributed by atoms with Gasteiger partial charge in [0.15, 0.2) is 5.56 Å². The van der Waals surface area contributed by atoms with E-state index in [1.807, 2.05) is 6.07 Å². The third kappa shape index (κ3) is 2.54. The van der Waals surface area contributed by atoms with Gasteiger partial charge in [-0.05, 0) is 18.2 Å². The van der Waals surface area contributed by atoms with Crippen LogP contribution in [0, 0.1) is 22.7 Å². The number of nitrogens with zero attached hydrogens (tertiary/aromatic N) is 2. The Hall–Kier alpha value is -2.77. The smallest absolute Gasteiger partial charge is 0.300 e. The second-order valence-corrected chi connectivity index (χ2v) is 5.18. The first-order valence-corrected chi connectivity index (χ1v) is 6.93. The molecule has 0 amide bonds. The lowest BCUT2D eigenvalue weighted by Gasteiger charge is -2.13. The summed E-state index contributed by atoms with van der Waals surface area (Å²) in [6.45, 7) is 0. The van der Waals surface area contributed by atoms with Gasteiger partial charge < -0.3 is 9.47 Å². The Morgan fingerprint density at radius 3 is 2.36 bits per heavy atom. The van der Waals surface area contributed by atoms with E-state index in [0.717, 1.165) is 4.47 Å². The van der Waals surface area contributed by atoms with E-state index in [-0.39, 0.29) is 22.8 Å². The van der Waals surface area contributed by atoms with Crippen molar-refractivity contribution < 1.29 is 14.5 Å². The van der Waals surface area contributed by atoms with Crippen LogP contribution in [0.5, 0.6) is 11.6 Å². The van der Waals surface area contributed by atoms with Crippen molar-refractivity contribution in [2.45, 2.75) is 0 Å². The largest absolute Gasteiger partial charge is 0.496 e. The van der Waals surface area contributed by atoms with Crippen LogP contribution in [0.25, 0.3) is 11.1 Å². The van der Waals surface area contributed by atoms with Gasteiger partial charge in [0, 0.05) is 15.6 Å². The SMILES string of the molecule is COc1ccc(Br)cc1-c1c(C#N)c(N)[nH+]c(OC)c1C#N. The lowest BCUT2D eigenvalue weighted by atomic mass is 9.95. The number of H-pyrrole nitrogens is 1. The molecular weight excluding hydrogens is 348 g/mol. The topological polar surface area (TPSA) is 106 Å². The van der Waals surface area contributed by atoms with Gasteiger partial charge in [-0.1, -0.05) is 15.9 Å². The molecule has 1 heterocycles. The number of pyridine rings is 1. The van der Waals surface area contributed by atoms with Gasteiger partial charge in [0.05, 0.1) is 14.2 Å². The fourth-order valence-corrected chi connectivity index (χ4v) is 2.50. The number of hydrogen-bond acceptors (Lipinski definition) is 5. The Kier molecular flexibility index (Phi) is 4.50. The number of nitriles is 2. The number of nitrogens with one attached hydrogen (secondary N) is 1. The fourth-order valence-electron chi connectivity index (χ4n) is 2.14. The lowest BCUT2D eigenvalue weighted by molar-refractivity contribution is -0.376. The standard InChI is InChI=1S/C15H11BrN4O2/c1-21-12-4-3-8(16)5-9(12)13-10(6-17)14(19)20-15(22-2)11(13)7-18/h3-5H,1-2H3,(H2,19,20)/p+1. The van der Waals surface area contributed by atoms with E-state index < -0.39 is 0 Å². The average molecular weight is 360 g/mol. The van der Waals surface area contributed by atoms with Gasteiger partial charge in [0.2, 0.25) is 0 Å². The van der Waals surface area contributed by atoms with Gasteiger partial charge in [-0.3, -0.25) is 5.73 Å². The van der Waals surface area contributed by atoms with Crippen molar-refractivity contribution in [2.24, 2.45) is 0 Å². The Morgan fingerprint density at radius 1 is 1.14 bits per heavy atom. The summed E-state index contributed by atoms with van der Waals surface area (Å²) in [5, 5.41) is 18.9. The highest BCUT2D eigenvalue weighted by atomic mass is 79.9. The van der Waals surface area contributed by atoms with Crippen molar-refractivity contribution in [1.82, 2.24) is 0 Å². The molecular formula is C15H12BrN4O2+. The van der Waals surface area contributed by atoms with E-state index in [1.54, 1.807) is 18.2 Å². The van der Waals surface area contributed by atoms with E-state index in [2.05, 4.69) is 27.0 Å². The van der Waals surface area contributed by atoms with Crippen molar-refractivity contribution in [3.8, 4) is 34.9 Å². The minimum absolute atomic E-state index is 0.121. The number of nitrogens with two attached hydrogens (primary N) is 1. The molecule has 0 aliphatic carbocycles. The van der Waals surface area contributed by atoms with Gasteiger partial charge in [0.25, 0.3) is 5.82 Å². The Balaban J connectivity index is 2.97. The van der Waals surface area contributed by atoms with E-state index in [9.17, 15) is 10.5 Å². The van der Waals surface area contributed by atoms with Crippen LogP contribution >= 0.6 is 15.9 Å². The van der Waals surface area contributed by atoms with E-state index in [4.69, 9.17) is 15.2 Å². The first-order chi connectivity index (χ1) is 10.6. The zero-order valence-corrected chi connectivity index (χ0v) is 13.5. The number of hydrogen-bond donors (Lipinski definition) is 1. The molecule has 6 nitrogen and oxygen atoms in total. The highest BCUT2D eigenvalue weighted by molar-refractivity contribution is 9.10. The molecule has 0 bridgehead atoms. The van der Waals surface area contributed by atoms with Crippen molar-refractivity contribution >= 4 is 21.7 Å². The molecule has 0 radical (unpaired) electrons. The Bertz CT molecular complexity index is 822. The van der Waals surface area contributed by atoms with Gasteiger partial charge in [-0.2, -0.15) is 10.5 Å². The molecule has 3 N–H and O–H groups in total. The quantitative estimate of drug-likeness (QED) is 0.904. The third-order valence-corrected chi connectivity index (χ3v) is 3.60. The summed E-state index contributed by atoms with van der Waals surface area (Å²) in [6.07, 6.45) is 0. The fraction of sp³-hybridized carbons (Fsp3) is 0.133. The predicted octanol–water partition coefficient (Wildman–Crippen LogP) is 2.27. The number of nitrogen functional groups attached to an aromatic ring is 1. The minimum atomic E-state index is 0.121. The van der Waals surface area contributed by atoms with Crippen LogP contribution in [0.15, 0.2) is 22.7 Å². The summed E-state index contributed by atoms with van der Waals surface area (Å²) in [4.78, 5) is 2.72. The lowest BCUT2D eigenvalue weighted by Crippen LogP contribution is -2.18. The molecule has 0 spiro atoms. The highest BCUT2D eigenvalue weighted by Gasteiger charge is 2.26. The second kappa shape index (κ2) is 6.33. The van der Waals surface area contributed by atoms with Gasteiger partial charge in [-0.25, -0.2) is 4.98 Å². The number of ether oxygens (including phenoxy) is 2. The van der Waals surface area contributed by atoms with Crippen molar-refractivity contribution in [2.75, 3.05) is 20.0 Å². The van der Waals surface area contributed by atoms with Crippen LogP contribution in [0.1, 0.15) is 11.1 Å². The summed E-state index contributed by atoms with van der Waals surface area (Å²) >= 11 is 3.38. The summed E-state index contributed by atoms with van der Waals surface area (Å²) in [5.74, 6) is 0.829. The maximum atomic E-state index is 9.48. The van der Waals surface area contributed by atoms with Crippen LogP contribution in [0.4, 0.5) is 5.82 Å². The molecule has 0 saturated heterocycles. The number of methoxy groups -OCH3 is 2. The maximum absolute atomic E-state index is 9.48. The molecule has 0 fully saturated rings. The minimum Gasteiger partial charge on any atom is -0.496 e. The third-order valence-electron chi connectivity index (χ3n) is 3.10. The molecule has 7 heteroatoms. The molecule has 0 atom stereocenters. The molecule has 0 aliphatic rings. The van der Waals surface area contributed by atoms with Crippen LogP contribution < -0.4 is 20.2 Å². The van der Waals surface area contributed by atoms with Gasteiger partial charge in [0.1, 0.15) is 23.5 Å². The maximum Gasteiger partial charge on any atom is 0.300 e. The van der Waals surface area contributed by atoms with Crippen molar-refractivity contribution in [1.29, 1.82) is 10.5 Å². The van der Waals surface area contributed by atoms with E-state index >= 15 is 0 Å². The molecule has 2 aromatic rings. The monoisotopic (exact) mass is 359 g/mol. The molecule has 2 rings (SSSR count). The zero-order valence-electron chi connectivity index (χ0n) is 11.9. The summed E-state index contributed by atoms with van der Waals surface area (Å²) in [5.41, 5.74) is 7.17. The molecule has 1 aromatic heterocycles. The van der Waals surface area contributed by atoms with E-state index in [1.165, 1.54) is 14.2 Å². The summed E-state index contributed by atoms with van der Waals surface area (Å²) in [7, 11) is 2.93. The number of rotatable bonds is 3. The van der Waals surface area contributed by atoms with Crippen LogP contribution in [-0.2, 0) is 0 Å². The summed E-state index contributed by atoms with van der Waals surface area (Å²) < 4.78 is 11.3. The Morgan fingerprint density at radius 2 is 1.82 bits per heavy atom. The van der Waals surface area contributed by atoms with Crippen LogP contribution in [0.3, 0.4) is 0 Å². The van der Waals surface area contributed by atoms with Crippen molar-refractivity contribution in [3.05, 3.63) is 33.8 Å². The average Bonchev–Trinajstić information content (AvgIpc) is 2.53. The number of aromatic nitrogens is 1. The van der Waals surface area contributed by atoms with E-state index in [0.29, 0.717) is 16.9 Å². The normalized spacial score (nSPS) is 9.68.